The summed E-state index contributed by atoms with van der Waals surface area (Å²) in [5.41, 5.74) is 2.39. The van der Waals surface area contributed by atoms with E-state index in [0.29, 0.717) is 23.0 Å². The average molecular weight is 559 g/mol. The van der Waals surface area contributed by atoms with Crippen molar-refractivity contribution in [1.82, 2.24) is 19.9 Å². The molecule has 0 bridgehead atoms. The first-order chi connectivity index (χ1) is 17.5. The van der Waals surface area contributed by atoms with E-state index < -0.39 is 19.9 Å². The molecule has 2 N–H and O–H groups in total. The molecule has 0 aliphatic rings. The number of aromatic nitrogens is 4. The van der Waals surface area contributed by atoms with E-state index in [1.54, 1.807) is 36.5 Å². The number of anilines is 2. The minimum absolute atomic E-state index is 0.0361. The summed E-state index contributed by atoms with van der Waals surface area (Å²) in [5, 5.41) is 3.85. The third-order valence-electron chi connectivity index (χ3n) is 5.11. The molecule has 0 saturated heterocycles. The van der Waals surface area contributed by atoms with Crippen molar-refractivity contribution < 1.29 is 16.8 Å². The van der Waals surface area contributed by atoms with Gasteiger partial charge in [0.2, 0.25) is 5.95 Å². The Morgan fingerprint density at radius 2 is 1.81 bits per heavy atom. The second-order valence-corrected chi connectivity index (χ2v) is 13.6. The Hall–Kier alpha value is -3.42. The molecule has 0 amide bonds. The van der Waals surface area contributed by atoms with Gasteiger partial charge in [0.15, 0.2) is 0 Å². The maximum Gasteiger partial charge on any atom is 0.263 e. The van der Waals surface area contributed by atoms with Crippen molar-refractivity contribution in [2.75, 3.05) is 28.6 Å². The van der Waals surface area contributed by atoms with Gasteiger partial charge in [-0.25, -0.2) is 31.8 Å². The zero-order valence-electron chi connectivity index (χ0n) is 20.4. The Kier molecular flexibility index (Phi) is 7.85. The molecule has 194 valence electrons. The predicted molar refractivity (Wildman–Crippen MR) is 146 cm³/mol. The fourth-order valence-corrected chi connectivity index (χ4v) is 5.87. The lowest BCUT2D eigenvalue weighted by atomic mass is 10.1. The topological polar surface area (TPSA) is 144 Å². The summed E-state index contributed by atoms with van der Waals surface area (Å²) in [6, 6.07) is 11.8. The largest absolute Gasteiger partial charge is 0.353 e. The summed E-state index contributed by atoms with van der Waals surface area (Å²) < 4.78 is 51.1. The molecule has 37 heavy (non-hydrogen) atoms. The van der Waals surface area contributed by atoms with E-state index in [1.165, 1.54) is 36.1 Å². The molecule has 3 heterocycles. The predicted octanol–water partition coefficient (Wildman–Crippen LogP) is 4.04. The lowest BCUT2D eigenvalue weighted by Gasteiger charge is -2.10. The second kappa shape index (κ2) is 10.9. The van der Waals surface area contributed by atoms with Gasteiger partial charge in [-0.2, -0.15) is 0 Å². The fourth-order valence-electron chi connectivity index (χ4n) is 3.32. The quantitative estimate of drug-likeness (QED) is 0.295. The number of hydrogen-bond donors (Lipinski definition) is 2. The number of thiazole rings is 1. The van der Waals surface area contributed by atoms with Crippen LogP contribution in [0.1, 0.15) is 24.8 Å². The average Bonchev–Trinajstić information content (AvgIpc) is 3.30. The summed E-state index contributed by atoms with van der Waals surface area (Å²) in [6.07, 6.45) is 5.57. The normalized spacial score (nSPS) is 12.0. The Labute approximate surface area is 220 Å². The van der Waals surface area contributed by atoms with Crippen molar-refractivity contribution in [2.45, 2.75) is 24.7 Å². The van der Waals surface area contributed by atoms with Gasteiger partial charge in [0.05, 0.1) is 27.0 Å². The maximum atomic E-state index is 12.8. The number of sulfonamides is 1. The smallest absolute Gasteiger partial charge is 0.263 e. The van der Waals surface area contributed by atoms with Gasteiger partial charge in [-0.3, -0.25) is 9.71 Å². The molecule has 13 heteroatoms. The molecule has 0 aliphatic heterocycles. The van der Waals surface area contributed by atoms with Crippen LogP contribution in [0.4, 0.5) is 11.6 Å². The molecular weight excluding hydrogens is 533 g/mol. The van der Waals surface area contributed by atoms with Gasteiger partial charge in [0, 0.05) is 48.6 Å². The van der Waals surface area contributed by atoms with E-state index in [2.05, 4.69) is 25.0 Å². The van der Waals surface area contributed by atoms with Crippen molar-refractivity contribution in [2.24, 2.45) is 0 Å². The van der Waals surface area contributed by atoms with Crippen LogP contribution in [-0.2, 0) is 19.9 Å². The van der Waals surface area contributed by atoms with Crippen molar-refractivity contribution >= 4 is 42.8 Å². The molecule has 1 aromatic carbocycles. The van der Waals surface area contributed by atoms with Gasteiger partial charge >= 0.3 is 0 Å². The Morgan fingerprint density at radius 3 is 2.51 bits per heavy atom. The van der Waals surface area contributed by atoms with E-state index in [1.807, 2.05) is 19.9 Å². The summed E-state index contributed by atoms with van der Waals surface area (Å²) >= 11 is 1.50. The molecule has 10 nitrogen and oxygen atoms in total. The summed E-state index contributed by atoms with van der Waals surface area (Å²) in [4.78, 5) is 18.4. The molecular formula is C24H26N6O4S3. The lowest BCUT2D eigenvalue weighted by Crippen LogP contribution is -2.15. The van der Waals surface area contributed by atoms with Crippen LogP contribution in [0.25, 0.3) is 21.8 Å². The van der Waals surface area contributed by atoms with E-state index in [9.17, 15) is 16.8 Å². The molecule has 4 aromatic rings. The zero-order valence-corrected chi connectivity index (χ0v) is 22.9. The van der Waals surface area contributed by atoms with Gasteiger partial charge in [0.25, 0.3) is 10.0 Å². The van der Waals surface area contributed by atoms with Gasteiger partial charge in [-0.1, -0.05) is 26.0 Å². The van der Waals surface area contributed by atoms with E-state index in [0.717, 1.165) is 15.4 Å². The SMILES string of the molecule is CC(C)c1nc(-c2cccc(NS(=O)(=O)c3cccnc3)c2)c(-c2ccnc(NCCS(C)(=O)=O)n2)s1. The molecule has 0 atom stereocenters. The first-order valence-corrected chi connectivity index (χ1v) is 15.7. The molecule has 0 fully saturated rings. The van der Waals surface area contributed by atoms with E-state index in [4.69, 9.17) is 4.98 Å². The third kappa shape index (κ3) is 6.87. The molecule has 0 spiro atoms. The van der Waals surface area contributed by atoms with Gasteiger partial charge in [-0.05, 0) is 30.3 Å². The van der Waals surface area contributed by atoms with Crippen LogP contribution < -0.4 is 10.0 Å². The van der Waals surface area contributed by atoms with Crippen LogP contribution >= 0.6 is 11.3 Å². The van der Waals surface area contributed by atoms with Crippen LogP contribution in [0.5, 0.6) is 0 Å². The first-order valence-electron chi connectivity index (χ1n) is 11.3. The highest BCUT2D eigenvalue weighted by molar-refractivity contribution is 7.92. The van der Waals surface area contributed by atoms with Crippen molar-refractivity contribution in [3.8, 4) is 21.8 Å². The Bertz CT molecular complexity index is 1600. The van der Waals surface area contributed by atoms with Crippen LogP contribution in [0, 0.1) is 0 Å². The number of nitrogens with zero attached hydrogens (tertiary/aromatic N) is 4. The van der Waals surface area contributed by atoms with Crippen molar-refractivity contribution in [3.63, 3.8) is 0 Å². The van der Waals surface area contributed by atoms with Crippen LogP contribution in [0.15, 0.2) is 66.0 Å². The molecule has 0 radical (unpaired) electrons. The third-order valence-corrected chi connectivity index (χ3v) is 8.81. The molecule has 0 saturated carbocycles. The van der Waals surface area contributed by atoms with Crippen LogP contribution in [0.2, 0.25) is 0 Å². The Morgan fingerprint density at radius 1 is 1.00 bits per heavy atom. The minimum atomic E-state index is -3.81. The number of hydrogen-bond acceptors (Lipinski definition) is 10. The Balaban J connectivity index is 1.68. The summed E-state index contributed by atoms with van der Waals surface area (Å²) in [5.74, 6) is 0.439. The standard InChI is InChI=1S/C24H26N6O4S3/c1-16(2)23-29-21(22(35-23)20-9-11-26-24(28-20)27-12-13-36(3,31)32)17-6-4-7-18(14-17)30-37(33,34)19-8-5-10-25-15-19/h4-11,14-16,30H,12-13H2,1-3H3,(H,26,27,28). The number of benzene rings is 1. The number of pyridine rings is 1. The number of rotatable bonds is 10. The van der Waals surface area contributed by atoms with Gasteiger partial charge in [-0.15, -0.1) is 11.3 Å². The molecule has 0 aliphatic carbocycles. The lowest BCUT2D eigenvalue weighted by molar-refractivity contribution is 0.599. The van der Waals surface area contributed by atoms with E-state index >= 15 is 0 Å². The number of sulfone groups is 1. The highest BCUT2D eigenvalue weighted by Gasteiger charge is 2.20. The van der Waals surface area contributed by atoms with Crippen molar-refractivity contribution in [1.29, 1.82) is 0 Å². The summed E-state index contributed by atoms with van der Waals surface area (Å²) in [6.45, 7) is 4.28. The second-order valence-electron chi connectivity index (χ2n) is 8.58. The van der Waals surface area contributed by atoms with Crippen LogP contribution in [0.3, 0.4) is 0 Å². The minimum Gasteiger partial charge on any atom is -0.353 e. The number of nitrogens with one attached hydrogen (secondary N) is 2. The highest BCUT2D eigenvalue weighted by Crippen LogP contribution is 2.39. The zero-order chi connectivity index (χ0) is 26.6. The highest BCUT2D eigenvalue weighted by atomic mass is 32.2. The molecule has 4 rings (SSSR count). The molecule has 3 aromatic heterocycles. The van der Waals surface area contributed by atoms with Crippen molar-refractivity contribution in [3.05, 3.63) is 66.1 Å². The first kappa shape index (κ1) is 26.6. The maximum absolute atomic E-state index is 12.8. The molecule has 0 unspecified atom stereocenters. The van der Waals surface area contributed by atoms with E-state index in [-0.39, 0.29) is 23.1 Å². The van der Waals surface area contributed by atoms with Gasteiger partial charge in [0.1, 0.15) is 14.7 Å². The fraction of sp³-hybridized carbons (Fsp3) is 0.250. The van der Waals surface area contributed by atoms with Gasteiger partial charge < -0.3 is 5.32 Å². The monoisotopic (exact) mass is 558 g/mol. The van der Waals surface area contributed by atoms with Crippen LogP contribution in [-0.4, -0.2) is 55.3 Å². The summed E-state index contributed by atoms with van der Waals surface area (Å²) in [7, 11) is -6.93.